The lowest BCUT2D eigenvalue weighted by atomic mass is 10.2. The number of carbonyl (C=O) groups is 1. The van der Waals surface area contributed by atoms with E-state index < -0.39 is 0 Å². The summed E-state index contributed by atoms with van der Waals surface area (Å²) in [7, 11) is 1.65. The molecule has 7 heteroatoms. The minimum atomic E-state index is 0.0744. The van der Waals surface area contributed by atoms with Crippen LogP contribution in [-0.4, -0.2) is 49.1 Å². The third-order valence-electron chi connectivity index (χ3n) is 5.46. The zero-order valence-corrected chi connectivity index (χ0v) is 18.0. The maximum atomic E-state index is 13.1. The van der Waals surface area contributed by atoms with Crippen molar-refractivity contribution in [1.29, 1.82) is 0 Å². The highest BCUT2D eigenvalue weighted by atomic mass is 35.5. The summed E-state index contributed by atoms with van der Waals surface area (Å²) in [6, 6.07) is 17.7. The molecule has 0 saturated carbocycles. The zero-order valence-electron chi connectivity index (χ0n) is 16.5. The minimum Gasteiger partial charge on any atom is -0.497 e. The van der Waals surface area contributed by atoms with Crippen LogP contribution in [0.2, 0.25) is 5.02 Å². The summed E-state index contributed by atoms with van der Waals surface area (Å²) in [5.74, 6) is 0.873. The van der Waals surface area contributed by atoms with Crippen LogP contribution in [0.1, 0.15) is 9.67 Å². The summed E-state index contributed by atoms with van der Waals surface area (Å²) >= 11 is 7.57. The van der Waals surface area contributed by atoms with Crippen LogP contribution in [0.5, 0.6) is 5.75 Å². The van der Waals surface area contributed by atoms with Crippen LogP contribution in [0, 0.1) is 0 Å². The molecule has 2 aromatic heterocycles. The Labute approximate surface area is 183 Å². The molecule has 152 valence electrons. The second-order valence-corrected chi connectivity index (χ2v) is 8.78. The van der Waals surface area contributed by atoms with Crippen molar-refractivity contribution in [3.8, 4) is 5.75 Å². The number of methoxy groups -OCH3 is 1. The average molecular weight is 438 g/mol. The fraction of sp³-hybridized carbons (Fsp3) is 0.217. The molecule has 1 saturated heterocycles. The molecule has 1 fully saturated rings. The highest BCUT2D eigenvalue weighted by molar-refractivity contribution is 7.20. The van der Waals surface area contributed by atoms with E-state index in [0.717, 1.165) is 55.5 Å². The van der Waals surface area contributed by atoms with Crippen LogP contribution in [0.15, 0.2) is 54.6 Å². The van der Waals surface area contributed by atoms with Crippen molar-refractivity contribution in [3.63, 3.8) is 0 Å². The van der Waals surface area contributed by atoms with Crippen molar-refractivity contribution >= 4 is 55.7 Å². The highest BCUT2D eigenvalue weighted by Crippen LogP contribution is 2.30. The number of pyridine rings is 1. The van der Waals surface area contributed by atoms with Crippen LogP contribution in [-0.2, 0) is 0 Å². The molecule has 0 N–H and O–H groups in total. The number of thiophene rings is 1. The van der Waals surface area contributed by atoms with Crippen molar-refractivity contribution in [2.45, 2.75) is 0 Å². The van der Waals surface area contributed by atoms with E-state index in [9.17, 15) is 4.79 Å². The summed E-state index contributed by atoms with van der Waals surface area (Å²) in [5.41, 5.74) is 2.00. The number of carbonyl (C=O) groups excluding carboxylic acids is 1. The molecule has 0 atom stereocenters. The normalized spacial score (nSPS) is 14.5. The fourth-order valence-electron chi connectivity index (χ4n) is 3.84. The molecule has 1 amide bonds. The maximum Gasteiger partial charge on any atom is 0.264 e. The Bertz CT molecular complexity index is 1250. The second-order valence-electron chi connectivity index (χ2n) is 7.31. The van der Waals surface area contributed by atoms with E-state index >= 15 is 0 Å². The molecular formula is C23H20ClN3O2S. The number of amides is 1. The number of halogens is 1. The van der Waals surface area contributed by atoms with Crippen LogP contribution in [0.3, 0.4) is 0 Å². The largest absolute Gasteiger partial charge is 0.497 e. The van der Waals surface area contributed by atoms with E-state index in [1.807, 2.05) is 47.4 Å². The second kappa shape index (κ2) is 7.78. The van der Waals surface area contributed by atoms with Gasteiger partial charge < -0.3 is 14.5 Å². The maximum absolute atomic E-state index is 13.1. The molecule has 0 spiro atoms. The van der Waals surface area contributed by atoms with Crippen LogP contribution in [0.4, 0.5) is 5.69 Å². The van der Waals surface area contributed by atoms with E-state index in [2.05, 4.69) is 17.0 Å². The predicted molar refractivity (Wildman–Crippen MR) is 123 cm³/mol. The number of piperazine rings is 1. The molecule has 5 nitrogen and oxygen atoms in total. The van der Waals surface area contributed by atoms with Gasteiger partial charge in [0, 0.05) is 47.7 Å². The molecule has 4 aromatic rings. The molecule has 0 unspecified atom stereocenters. The van der Waals surface area contributed by atoms with Crippen molar-refractivity contribution < 1.29 is 9.53 Å². The first-order valence-corrected chi connectivity index (χ1v) is 11.0. The lowest BCUT2D eigenvalue weighted by molar-refractivity contribution is 0.0751. The van der Waals surface area contributed by atoms with Gasteiger partial charge in [-0.2, -0.15) is 0 Å². The molecule has 5 rings (SSSR count). The Hall–Kier alpha value is -2.83. The number of anilines is 1. The van der Waals surface area contributed by atoms with E-state index in [4.69, 9.17) is 21.3 Å². The van der Waals surface area contributed by atoms with Gasteiger partial charge in [0.1, 0.15) is 10.6 Å². The monoisotopic (exact) mass is 437 g/mol. The minimum absolute atomic E-state index is 0.0744. The van der Waals surface area contributed by atoms with Crippen molar-refractivity contribution in [1.82, 2.24) is 9.88 Å². The molecule has 0 radical (unpaired) electrons. The van der Waals surface area contributed by atoms with Gasteiger partial charge in [-0.1, -0.05) is 17.7 Å². The lowest BCUT2D eigenvalue weighted by Crippen LogP contribution is -2.48. The molecular weight excluding hydrogens is 418 g/mol. The number of fused-ring (bicyclic) bond motifs is 2. The molecule has 1 aliphatic heterocycles. The number of aromatic nitrogens is 1. The highest BCUT2D eigenvalue weighted by Gasteiger charge is 2.24. The van der Waals surface area contributed by atoms with Gasteiger partial charge in [0.25, 0.3) is 5.91 Å². The number of nitrogens with zero attached hydrogens (tertiary/aromatic N) is 3. The quantitative estimate of drug-likeness (QED) is 0.448. The van der Waals surface area contributed by atoms with Crippen LogP contribution < -0.4 is 9.64 Å². The Kier molecular flexibility index (Phi) is 4.97. The summed E-state index contributed by atoms with van der Waals surface area (Å²) in [6.07, 6.45) is 0. The number of ether oxygens (including phenoxy) is 1. The number of rotatable bonds is 3. The molecule has 30 heavy (non-hydrogen) atoms. The third-order valence-corrected chi connectivity index (χ3v) is 6.73. The van der Waals surface area contributed by atoms with Gasteiger partial charge in [0.2, 0.25) is 0 Å². The molecule has 1 aliphatic rings. The first-order chi connectivity index (χ1) is 14.6. The van der Waals surface area contributed by atoms with E-state index in [-0.39, 0.29) is 5.91 Å². The van der Waals surface area contributed by atoms with Crippen molar-refractivity contribution in [3.05, 3.63) is 64.5 Å². The van der Waals surface area contributed by atoms with Gasteiger partial charge in [-0.3, -0.25) is 4.79 Å². The van der Waals surface area contributed by atoms with Gasteiger partial charge in [0.05, 0.1) is 17.5 Å². The van der Waals surface area contributed by atoms with Crippen LogP contribution >= 0.6 is 22.9 Å². The van der Waals surface area contributed by atoms with E-state index in [1.54, 1.807) is 7.11 Å². The Morgan fingerprint density at radius 3 is 2.63 bits per heavy atom. The first kappa shape index (κ1) is 19.2. The average Bonchev–Trinajstić information content (AvgIpc) is 3.19. The van der Waals surface area contributed by atoms with Crippen LogP contribution in [0.25, 0.3) is 21.1 Å². The lowest BCUT2D eigenvalue weighted by Gasteiger charge is -2.36. The molecule has 3 heterocycles. The number of hydrogen-bond acceptors (Lipinski definition) is 5. The van der Waals surface area contributed by atoms with Crippen molar-refractivity contribution in [2.75, 3.05) is 38.2 Å². The Morgan fingerprint density at radius 2 is 1.87 bits per heavy atom. The molecule has 0 bridgehead atoms. The number of benzene rings is 2. The van der Waals surface area contributed by atoms with Gasteiger partial charge in [0.15, 0.2) is 0 Å². The smallest absolute Gasteiger partial charge is 0.264 e. The SMILES string of the molecule is COc1ccc2nc3sc(C(=O)N4CCN(c5cccc(Cl)c5)CC4)cc3cc2c1. The van der Waals surface area contributed by atoms with Crippen molar-refractivity contribution in [2.24, 2.45) is 0 Å². The molecule has 2 aromatic carbocycles. The summed E-state index contributed by atoms with van der Waals surface area (Å²) in [6.45, 7) is 2.95. The first-order valence-electron chi connectivity index (χ1n) is 9.79. The fourth-order valence-corrected chi connectivity index (χ4v) is 5.02. The van der Waals surface area contributed by atoms with E-state index in [1.165, 1.54) is 11.3 Å². The topological polar surface area (TPSA) is 45.7 Å². The Balaban J connectivity index is 1.35. The van der Waals surface area contributed by atoms with Gasteiger partial charge >= 0.3 is 0 Å². The number of hydrogen-bond donors (Lipinski definition) is 0. The van der Waals surface area contributed by atoms with Gasteiger partial charge in [-0.15, -0.1) is 11.3 Å². The van der Waals surface area contributed by atoms with Gasteiger partial charge in [-0.05, 0) is 48.5 Å². The van der Waals surface area contributed by atoms with Gasteiger partial charge in [-0.25, -0.2) is 4.98 Å². The zero-order chi connectivity index (χ0) is 20.7. The summed E-state index contributed by atoms with van der Waals surface area (Å²) in [4.78, 5) is 23.6. The Morgan fingerprint density at radius 1 is 1.03 bits per heavy atom. The van der Waals surface area contributed by atoms with E-state index in [0.29, 0.717) is 13.1 Å². The summed E-state index contributed by atoms with van der Waals surface area (Å²) < 4.78 is 5.31. The third kappa shape index (κ3) is 3.57. The predicted octanol–water partition coefficient (Wildman–Crippen LogP) is 5.07. The molecule has 0 aliphatic carbocycles. The standard InChI is InChI=1S/C23H20ClN3O2S/c1-29-19-5-6-20-15(12-19)11-16-13-21(30-22(16)25-20)23(28)27-9-7-26(8-10-27)18-4-2-3-17(24)14-18/h2-6,11-14H,7-10H2,1H3. The summed E-state index contributed by atoms with van der Waals surface area (Å²) in [5, 5.41) is 2.73.